The number of ether oxygens (including phenoxy) is 1. The average molecular weight is 426 g/mol. The van der Waals surface area contributed by atoms with Gasteiger partial charge in [-0.2, -0.15) is 0 Å². The summed E-state index contributed by atoms with van der Waals surface area (Å²) in [6.45, 7) is 9.38. The van der Waals surface area contributed by atoms with Crippen molar-refractivity contribution >= 4 is 23.4 Å². The highest BCUT2D eigenvalue weighted by Crippen LogP contribution is 2.18. The van der Waals surface area contributed by atoms with Crippen molar-refractivity contribution in [2.45, 2.75) is 46.2 Å². The molecule has 2 aromatic rings. The molecule has 0 heterocycles. The van der Waals surface area contributed by atoms with Gasteiger partial charge in [0.15, 0.2) is 0 Å². The molecule has 0 bridgehead atoms. The summed E-state index contributed by atoms with van der Waals surface area (Å²) in [6.07, 6.45) is 0. The van der Waals surface area contributed by atoms with Crippen LogP contribution in [-0.2, 0) is 4.79 Å². The van der Waals surface area contributed by atoms with Crippen LogP contribution >= 0.6 is 0 Å². The lowest BCUT2D eigenvalue weighted by Gasteiger charge is -2.27. The van der Waals surface area contributed by atoms with Crippen LogP contribution in [0.1, 0.15) is 55.3 Å². The summed E-state index contributed by atoms with van der Waals surface area (Å²) in [5.74, 6) is -0.519. The van der Waals surface area contributed by atoms with E-state index in [9.17, 15) is 14.4 Å². The largest absolute Gasteiger partial charge is 0.497 e. The Balaban J connectivity index is 2.19. The van der Waals surface area contributed by atoms with E-state index in [1.54, 1.807) is 55.6 Å². The standard InChI is InChI=1S/C24H31N3O4/c1-15(2)20(23(30)27-24(3,4)5)26-22(29)18-9-7-8-10-19(18)25-21(28)16-11-13-17(31-6)14-12-16/h7-15,20H,1-6H3,(H,25,28)(H,26,29)(H,27,30)/t20-/m1/s1. The first kappa shape index (κ1) is 23.9. The van der Waals surface area contributed by atoms with E-state index < -0.39 is 17.5 Å². The SMILES string of the molecule is COc1ccc(C(=O)Nc2ccccc2C(=O)N[C@@H](C(=O)NC(C)(C)C)C(C)C)cc1. The number of para-hydroxylation sites is 1. The molecule has 0 aliphatic carbocycles. The number of hydrogen-bond donors (Lipinski definition) is 3. The first-order valence-electron chi connectivity index (χ1n) is 10.2. The number of rotatable bonds is 7. The molecule has 7 nitrogen and oxygen atoms in total. The molecule has 7 heteroatoms. The third-order valence-corrected chi connectivity index (χ3v) is 4.51. The molecule has 0 unspecified atom stereocenters. The summed E-state index contributed by atoms with van der Waals surface area (Å²) in [5, 5.41) is 8.48. The number of amides is 3. The number of anilines is 1. The second kappa shape index (κ2) is 10.1. The fraction of sp³-hybridized carbons (Fsp3) is 0.375. The summed E-state index contributed by atoms with van der Waals surface area (Å²) in [6, 6.07) is 12.6. The maximum absolute atomic E-state index is 13.0. The van der Waals surface area contributed by atoms with Crippen molar-refractivity contribution in [3.8, 4) is 5.75 Å². The lowest BCUT2D eigenvalue weighted by molar-refractivity contribution is -0.125. The van der Waals surface area contributed by atoms with Crippen molar-refractivity contribution in [2.24, 2.45) is 5.92 Å². The molecule has 0 saturated carbocycles. The first-order valence-corrected chi connectivity index (χ1v) is 10.2. The van der Waals surface area contributed by atoms with Crippen LogP contribution in [0.3, 0.4) is 0 Å². The van der Waals surface area contributed by atoms with Gasteiger partial charge in [-0.05, 0) is 63.1 Å². The second-order valence-electron chi connectivity index (χ2n) is 8.66. The predicted molar refractivity (Wildman–Crippen MR) is 121 cm³/mol. The van der Waals surface area contributed by atoms with Gasteiger partial charge in [-0.3, -0.25) is 14.4 Å². The molecular formula is C24H31N3O4. The molecule has 0 aliphatic rings. The van der Waals surface area contributed by atoms with Crippen LogP contribution in [0.4, 0.5) is 5.69 Å². The molecular weight excluding hydrogens is 394 g/mol. The fourth-order valence-electron chi connectivity index (χ4n) is 2.93. The molecule has 31 heavy (non-hydrogen) atoms. The van der Waals surface area contributed by atoms with Crippen molar-refractivity contribution in [3.05, 3.63) is 59.7 Å². The molecule has 0 aliphatic heterocycles. The topological polar surface area (TPSA) is 96.5 Å². The average Bonchev–Trinajstić information content (AvgIpc) is 2.70. The minimum Gasteiger partial charge on any atom is -0.497 e. The summed E-state index contributed by atoms with van der Waals surface area (Å²) >= 11 is 0. The zero-order valence-electron chi connectivity index (χ0n) is 18.9. The Labute approximate surface area is 183 Å². The van der Waals surface area contributed by atoms with E-state index in [-0.39, 0.29) is 23.3 Å². The van der Waals surface area contributed by atoms with E-state index in [1.807, 2.05) is 34.6 Å². The van der Waals surface area contributed by atoms with Crippen molar-refractivity contribution in [3.63, 3.8) is 0 Å². The van der Waals surface area contributed by atoms with Gasteiger partial charge in [-0.1, -0.05) is 26.0 Å². The van der Waals surface area contributed by atoms with E-state index in [0.717, 1.165) is 0 Å². The summed E-state index contributed by atoms with van der Waals surface area (Å²) in [4.78, 5) is 38.3. The number of carbonyl (C=O) groups excluding carboxylic acids is 3. The zero-order chi connectivity index (χ0) is 23.2. The van der Waals surface area contributed by atoms with Gasteiger partial charge >= 0.3 is 0 Å². The Morgan fingerprint density at radius 3 is 2.06 bits per heavy atom. The van der Waals surface area contributed by atoms with Gasteiger partial charge in [0.25, 0.3) is 11.8 Å². The lowest BCUT2D eigenvalue weighted by Crippen LogP contribution is -2.54. The van der Waals surface area contributed by atoms with Gasteiger partial charge in [-0.25, -0.2) is 0 Å². The Bertz CT molecular complexity index is 931. The van der Waals surface area contributed by atoms with Crippen LogP contribution in [0.25, 0.3) is 0 Å². The Hall–Kier alpha value is -3.35. The smallest absolute Gasteiger partial charge is 0.255 e. The molecule has 0 aromatic heterocycles. The maximum atomic E-state index is 13.0. The van der Waals surface area contributed by atoms with Gasteiger partial charge in [0, 0.05) is 11.1 Å². The van der Waals surface area contributed by atoms with E-state index in [1.165, 1.54) is 0 Å². The van der Waals surface area contributed by atoms with Crippen LogP contribution in [-0.4, -0.2) is 36.4 Å². The van der Waals surface area contributed by atoms with E-state index in [0.29, 0.717) is 17.0 Å². The van der Waals surface area contributed by atoms with E-state index in [2.05, 4.69) is 16.0 Å². The van der Waals surface area contributed by atoms with Crippen molar-refractivity contribution in [1.29, 1.82) is 0 Å². The van der Waals surface area contributed by atoms with Gasteiger partial charge < -0.3 is 20.7 Å². The lowest BCUT2D eigenvalue weighted by atomic mass is 10.0. The minimum atomic E-state index is -0.711. The highest BCUT2D eigenvalue weighted by atomic mass is 16.5. The molecule has 3 amide bonds. The highest BCUT2D eigenvalue weighted by molar-refractivity contribution is 6.09. The molecule has 0 spiro atoms. The van der Waals surface area contributed by atoms with Gasteiger partial charge in [0.1, 0.15) is 11.8 Å². The van der Waals surface area contributed by atoms with Crippen molar-refractivity contribution in [2.75, 3.05) is 12.4 Å². The predicted octanol–water partition coefficient (Wildman–Crippen LogP) is 3.62. The number of benzene rings is 2. The molecule has 166 valence electrons. The van der Waals surface area contributed by atoms with Gasteiger partial charge in [0.05, 0.1) is 18.4 Å². The molecule has 1 atom stereocenters. The first-order chi connectivity index (χ1) is 14.5. The molecule has 0 radical (unpaired) electrons. The maximum Gasteiger partial charge on any atom is 0.255 e. The Kier molecular flexibility index (Phi) is 7.80. The third-order valence-electron chi connectivity index (χ3n) is 4.51. The monoisotopic (exact) mass is 425 g/mol. The fourth-order valence-corrected chi connectivity index (χ4v) is 2.93. The molecule has 2 rings (SSSR count). The van der Waals surface area contributed by atoms with Crippen LogP contribution in [0, 0.1) is 5.92 Å². The second-order valence-corrected chi connectivity index (χ2v) is 8.66. The summed E-state index contributed by atoms with van der Waals surface area (Å²) in [7, 11) is 1.55. The van der Waals surface area contributed by atoms with Gasteiger partial charge in [-0.15, -0.1) is 0 Å². The summed E-state index contributed by atoms with van der Waals surface area (Å²) in [5.41, 5.74) is 0.651. The van der Waals surface area contributed by atoms with E-state index in [4.69, 9.17) is 4.74 Å². The molecule has 0 saturated heterocycles. The Morgan fingerprint density at radius 1 is 0.903 bits per heavy atom. The number of methoxy groups -OCH3 is 1. The zero-order valence-corrected chi connectivity index (χ0v) is 18.9. The number of nitrogens with one attached hydrogen (secondary N) is 3. The minimum absolute atomic E-state index is 0.118. The van der Waals surface area contributed by atoms with Gasteiger partial charge in [0.2, 0.25) is 5.91 Å². The van der Waals surface area contributed by atoms with Crippen molar-refractivity contribution < 1.29 is 19.1 Å². The molecule has 2 aromatic carbocycles. The number of carbonyl (C=O) groups is 3. The van der Waals surface area contributed by atoms with Crippen LogP contribution in [0.2, 0.25) is 0 Å². The van der Waals surface area contributed by atoms with Crippen molar-refractivity contribution in [1.82, 2.24) is 10.6 Å². The van der Waals surface area contributed by atoms with Crippen LogP contribution < -0.4 is 20.7 Å². The summed E-state index contributed by atoms with van der Waals surface area (Å²) < 4.78 is 5.11. The quantitative estimate of drug-likeness (QED) is 0.631. The van der Waals surface area contributed by atoms with Crippen LogP contribution in [0.15, 0.2) is 48.5 Å². The van der Waals surface area contributed by atoms with Crippen LogP contribution in [0.5, 0.6) is 5.75 Å². The third kappa shape index (κ3) is 6.84. The normalized spacial score (nSPS) is 12.1. The Morgan fingerprint density at radius 2 is 1.52 bits per heavy atom. The molecule has 3 N–H and O–H groups in total. The van der Waals surface area contributed by atoms with E-state index >= 15 is 0 Å². The molecule has 0 fully saturated rings. The highest BCUT2D eigenvalue weighted by Gasteiger charge is 2.28. The number of hydrogen-bond acceptors (Lipinski definition) is 4.